The Morgan fingerprint density at radius 2 is 2.22 bits per heavy atom. The monoisotopic (exact) mass is 316 g/mol. The van der Waals surface area contributed by atoms with E-state index in [0.29, 0.717) is 17.7 Å². The predicted octanol–water partition coefficient (Wildman–Crippen LogP) is 1.36. The number of carbonyl (C=O) groups is 1. The van der Waals surface area contributed by atoms with Crippen LogP contribution in [0.4, 0.5) is 0 Å². The van der Waals surface area contributed by atoms with Gasteiger partial charge in [-0.3, -0.25) is 14.7 Å². The Morgan fingerprint density at radius 3 is 2.96 bits per heavy atom. The first-order chi connectivity index (χ1) is 11.0. The number of ether oxygens (including phenoxy) is 1. The number of aromatic amines is 2. The van der Waals surface area contributed by atoms with Crippen molar-refractivity contribution in [1.82, 2.24) is 20.5 Å². The molecule has 0 saturated carbocycles. The Bertz CT molecular complexity index is 793. The number of hydrogen-bond acceptors (Lipinski definition) is 4. The molecule has 3 N–H and O–H groups in total. The molecule has 0 aromatic carbocycles. The first kappa shape index (κ1) is 15.5. The molecule has 0 aliphatic carbocycles. The number of aryl methyl sites for hydroxylation is 1. The van der Waals surface area contributed by atoms with E-state index in [0.717, 1.165) is 17.0 Å². The molecule has 1 amide bonds. The minimum atomic E-state index is -0.288. The third kappa shape index (κ3) is 3.05. The molecule has 2 aromatic rings. The van der Waals surface area contributed by atoms with Gasteiger partial charge in [-0.15, -0.1) is 0 Å². The lowest BCUT2D eigenvalue weighted by molar-refractivity contribution is -0.00697. The van der Waals surface area contributed by atoms with Crippen molar-refractivity contribution in [2.45, 2.75) is 45.9 Å². The van der Waals surface area contributed by atoms with Gasteiger partial charge in [0.2, 0.25) is 0 Å². The fourth-order valence-corrected chi connectivity index (χ4v) is 2.86. The standard InChI is InChI=1S/C16H20N4O3/c1-8-4-5-11(15(21)18-8)7-17-16(22)14-12-6-9(2)23-10(3)13(12)19-20-14/h4-5,9-10H,6-7H2,1-3H3,(H,17,22)(H,18,21)(H,19,20)/t9-,10+/m1/s1. The number of amides is 1. The summed E-state index contributed by atoms with van der Waals surface area (Å²) >= 11 is 0. The van der Waals surface area contributed by atoms with Gasteiger partial charge in [-0.2, -0.15) is 5.10 Å². The first-order valence-corrected chi connectivity index (χ1v) is 7.65. The Morgan fingerprint density at radius 1 is 1.43 bits per heavy atom. The molecule has 0 unspecified atom stereocenters. The number of aromatic nitrogens is 3. The Hall–Kier alpha value is -2.41. The van der Waals surface area contributed by atoms with Gasteiger partial charge >= 0.3 is 0 Å². The van der Waals surface area contributed by atoms with Crippen molar-refractivity contribution < 1.29 is 9.53 Å². The third-order valence-corrected chi connectivity index (χ3v) is 4.03. The maximum absolute atomic E-state index is 12.4. The van der Waals surface area contributed by atoms with Crippen molar-refractivity contribution in [2.24, 2.45) is 0 Å². The van der Waals surface area contributed by atoms with Crippen LogP contribution in [-0.4, -0.2) is 27.2 Å². The third-order valence-electron chi connectivity index (χ3n) is 4.03. The maximum Gasteiger partial charge on any atom is 0.272 e. The largest absolute Gasteiger partial charge is 0.369 e. The normalized spacial score (nSPS) is 20.1. The van der Waals surface area contributed by atoms with Crippen molar-refractivity contribution in [3.05, 3.63) is 50.7 Å². The van der Waals surface area contributed by atoms with Crippen LogP contribution in [0.1, 0.15) is 53.0 Å². The van der Waals surface area contributed by atoms with Gasteiger partial charge in [-0.1, -0.05) is 6.07 Å². The van der Waals surface area contributed by atoms with Crippen molar-refractivity contribution in [3.8, 4) is 0 Å². The average Bonchev–Trinajstić information content (AvgIpc) is 2.90. The van der Waals surface area contributed by atoms with E-state index < -0.39 is 0 Å². The van der Waals surface area contributed by atoms with Crippen LogP contribution >= 0.6 is 0 Å². The van der Waals surface area contributed by atoms with E-state index in [2.05, 4.69) is 20.5 Å². The fraction of sp³-hybridized carbons (Fsp3) is 0.438. The number of fused-ring (bicyclic) bond motifs is 1. The lowest BCUT2D eigenvalue weighted by atomic mass is 9.99. The van der Waals surface area contributed by atoms with E-state index in [4.69, 9.17) is 4.74 Å². The quantitative estimate of drug-likeness (QED) is 0.796. The second-order valence-electron chi connectivity index (χ2n) is 5.94. The Kier molecular flexibility index (Phi) is 4.04. The van der Waals surface area contributed by atoms with Crippen LogP contribution in [0.5, 0.6) is 0 Å². The molecule has 0 fully saturated rings. The van der Waals surface area contributed by atoms with Crippen molar-refractivity contribution in [3.63, 3.8) is 0 Å². The number of carbonyl (C=O) groups excluding carboxylic acids is 1. The van der Waals surface area contributed by atoms with E-state index in [-0.39, 0.29) is 30.2 Å². The van der Waals surface area contributed by atoms with Gasteiger partial charge in [0.05, 0.1) is 17.9 Å². The topological polar surface area (TPSA) is 99.9 Å². The van der Waals surface area contributed by atoms with Crippen LogP contribution < -0.4 is 10.9 Å². The fourth-order valence-electron chi connectivity index (χ4n) is 2.86. The summed E-state index contributed by atoms with van der Waals surface area (Å²) in [6.07, 6.45) is 0.577. The maximum atomic E-state index is 12.4. The number of nitrogens with zero attached hydrogens (tertiary/aromatic N) is 1. The zero-order chi connectivity index (χ0) is 16.6. The van der Waals surface area contributed by atoms with Gasteiger partial charge in [0.25, 0.3) is 11.5 Å². The van der Waals surface area contributed by atoms with Crippen LogP contribution in [0.25, 0.3) is 0 Å². The first-order valence-electron chi connectivity index (χ1n) is 7.65. The molecule has 2 aromatic heterocycles. The highest BCUT2D eigenvalue weighted by molar-refractivity contribution is 5.94. The second-order valence-corrected chi connectivity index (χ2v) is 5.94. The van der Waals surface area contributed by atoms with Crippen LogP contribution in [0, 0.1) is 6.92 Å². The van der Waals surface area contributed by atoms with Crippen LogP contribution in [0.15, 0.2) is 16.9 Å². The summed E-state index contributed by atoms with van der Waals surface area (Å²) in [5.74, 6) is -0.288. The highest BCUT2D eigenvalue weighted by Gasteiger charge is 2.29. The average molecular weight is 316 g/mol. The molecular formula is C16H20N4O3. The molecule has 1 aliphatic rings. The highest BCUT2D eigenvalue weighted by atomic mass is 16.5. The SMILES string of the molecule is Cc1ccc(CNC(=O)c2n[nH]c3c2C[C@@H](C)O[C@H]3C)c(=O)[nH]1. The van der Waals surface area contributed by atoms with E-state index in [1.54, 1.807) is 12.1 Å². The summed E-state index contributed by atoms with van der Waals surface area (Å²) in [4.78, 5) is 26.9. The Labute approximate surface area is 133 Å². The summed E-state index contributed by atoms with van der Waals surface area (Å²) in [5.41, 5.74) is 3.23. The van der Waals surface area contributed by atoms with Gasteiger partial charge in [0.1, 0.15) is 0 Å². The molecule has 0 saturated heterocycles. The molecule has 7 nitrogen and oxygen atoms in total. The number of nitrogens with one attached hydrogen (secondary N) is 3. The lowest BCUT2D eigenvalue weighted by Gasteiger charge is -2.25. The molecular weight excluding hydrogens is 296 g/mol. The summed E-state index contributed by atoms with van der Waals surface area (Å²) in [5, 5.41) is 9.78. The highest BCUT2D eigenvalue weighted by Crippen LogP contribution is 2.29. The van der Waals surface area contributed by atoms with E-state index in [9.17, 15) is 9.59 Å². The molecule has 2 atom stereocenters. The van der Waals surface area contributed by atoms with Gasteiger partial charge < -0.3 is 15.0 Å². The number of pyridine rings is 1. The van der Waals surface area contributed by atoms with Gasteiger partial charge in [0, 0.05) is 29.8 Å². The number of rotatable bonds is 3. The van der Waals surface area contributed by atoms with E-state index >= 15 is 0 Å². The Balaban J connectivity index is 1.76. The number of hydrogen-bond donors (Lipinski definition) is 3. The molecule has 0 bridgehead atoms. The predicted molar refractivity (Wildman–Crippen MR) is 84.2 cm³/mol. The lowest BCUT2D eigenvalue weighted by Crippen LogP contribution is -2.29. The van der Waals surface area contributed by atoms with Gasteiger partial charge in [-0.25, -0.2) is 0 Å². The summed E-state index contributed by atoms with van der Waals surface area (Å²) < 4.78 is 5.71. The zero-order valence-electron chi connectivity index (χ0n) is 13.4. The summed E-state index contributed by atoms with van der Waals surface area (Å²) in [6, 6.07) is 3.52. The van der Waals surface area contributed by atoms with Crippen LogP contribution in [-0.2, 0) is 17.7 Å². The van der Waals surface area contributed by atoms with Crippen LogP contribution in [0.3, 0.4) is 0 Å². The smallest absolute Gasteiger partial charge is 0.272 e. The molecule has 122 valence electrons. The molecule has 0 spiro atoms. The van der Waals surface area contributed by atoms with Crippen molar-refractivity contribution in [2.75, 3.05) is 0 Å². The minimum absolute atomic E-state index is 0.0431. The minimum Gasteiger partial charge on any atom is -0.369 e. The molecule has 0 radical (unpaired) electrons. The molecule has 23 heavy (non-hydrogen) atoms. The van der Waals surface area contributed by atoms with E-state index in [1.807, 2.05) is 20.8 Å². The van der Waals surface area contributed by atoms with Crippen molar-refractivity contribution in [1.29, 1.82) is 0 Å². The van der Waals surface area contributed by atoms with Gasteiger partial charge in [0.15, 0.2) is 5.69 Å². The molecule has 3 heterocycles. The van der Waals surface area contributed by atoms with Crippen LogP contribution in [0.2, 0.25) is 0 Å². The second kappa shape index (κ2) is 6.00. The number of H-pyrrole nitrogens is 2. The summed E-state index contributed by atoms with van der Waals surface area (Å²) in [6.45, 7) is 5.88. The molecule has 3 rings (SSSR count). The van der Waals surface area contributed by atoms with Crippen molar-refractivity contribution >= 4 is 5.91 Å². The zero-order valence-corrected chi connectivity index (χ0v) is 13.4. The van der Waals surface area contributed by atoms with Gasteiger partial charge in [-0.05, 0) is 26.8 Å². The molecule has 1 aliphatic heterocycles. The van der Waals surface area contributed by atoms with E-state index in [1.165, 1.54) is 0 Å². The summed E-state index contributed by atoms with van der Waals surface area (Å²) in [7, 11) is 0. The molecule has 7 heteroatoms.